The molecular weight excluding hydrogens is 1780 g/mol. The summed E-state index contributed by atoms with van der Waals surface area (Å²) in [5.41, 5.74) is 16.4. The van der Waals surface area contributed by atoms with E-state index in [4.69, 9.17) is 72.0 Å². The Morgan fingerprint density at radius 1 is 0.353 bits per heavy atom. The second-order valence-corrected chi connectivity index (χ2v) is 35.7. The Hall–Kier alpha value is -13.1. The highest BCUT2D eigenvalue weighted by atomic mass is 35.5. The third-order valence-corrected chi connectivity index (χ3v) is 24.5. The molecule has 0 bridgehead atoms. The molecular formula is C115H137BCl2N10O11. The molecule has 24 heteroatoms. The maximum atomic E-state index is 10.9. The number of aliphatic hydroxyl groups is 2. The number of pyridine rings is 6. The van der Waals surface area contributed by atoms with Gasteiger partial charge in [-0.3, -0.25) is 4.79 Å². The van der Waals surface area contributed by atoms with Crippen LogP contribution in [0.2, 0.25) is 10.3 Å². The number of H-pyrrole nitrogens is 1. The van der Waals surface area contributed by atoms with Gasteiger partial charge in [-0.25, -0.2) is 24.9 Å². The number of aromatic hydroxyl groups is 3. The zero-order valence-corrected chi connectivity index (χ0v) is 85.4. The molecule has 16 aromatic rings. The van der Waals surface area contributed by atoms with Crippen molar-refractivity contribution >= 4 is 124 Å². The monoisotopic (exact) mass is 1910 g/mol. The molecule has 0 aliphatic carbocycles. The van der Waals surface area contributed by atoms with Crippen molar-refractivity contribution < 1.29 is 49.1 Å². The lowest BCUT2D eigenvalue weighted by molar-refractivity contribution is 0.00578. The minimum absolute atomic E-state index is 0.0148. The molecule has 139 heavy (non-hydrogen) atoms. The van der Waals surface area contributed by atoms with Crippen LogP contribution in [0.5, 0.6) is 34.5 Å². The van der Waals surface area contributed by atoms with E-state index >= 15 is 0 Å². The first kappa shape index (κ1) is 108. The summed E-state index contributed by atoms with van der Waals surface area (Å²) in [7, 11) is -0.272. The molecule has 1 unspecified atom stereocenters. The fourth-order valence-corrected chi connectivity index (χ4v) is 15.6. The Bertz CT molecular complexity index is 6540. The molecule has 1 atom stereocenters. The van der Waals surface area contributed by atoms with Gasteiger partial charge in [-0.2, -0.15) is 0 Å². The number of hydrogen-bond acceptors (Lipinski definition) is 20. The molecule has 1 aliphatic rings. The number of rotatable bonds is 26. The van der Waals surface area contributed by atoms with Crippen LogP contribution < -0.4 is 44.8 Å². The van der Waals surface area contributed by atoms with Crippen LogP contribution in [0.4, 0.5) is 22.7 Å². The molecule has 1 fully saturated rings. The average Bonchev–Trinajstić information content (AvgIpc) is 1.61. The highest BCUT2D eigenvalue weighted by Gasteiger charge is 2.51. The predicted molar refractivity (Wildman–Crippen MR) is 581 cm³/mol. The number of halogens is 2. The smallest absolute Gasteiger partial charge is 0.494 e. The molecule has 17 rings (SSSR count). The summed E-state index contributed by atoms with van der Waals surface area (Å²) < 4.78 is 29.3. The Morgan fingerprint density at radius 2 is 0.640 bits per heavy atom. The number of aliphatic hydroxyl groups excluding tert-OH is 2. The molecule has 0 spiro atoms. The fraction of sp³-hybridized carbons (Fsp3) is 0.322. The van der Waals surface area contributed by atoms with Crippen LogP contribution in [-0.4, -0.2) is 157 Å². The number of phenolic OH excluding ortho intramolecular Hbond substituents is 3. The predicted octanol–water partition coefficient (Wildman–Crippen LogP) is 26.4. The first-order valence-electron chi connectivity index (χ1n) is 48.4. The highest BCUT2D eigenvalue weighted by Crippen LogP contribution is 2.38. The first-order valence-corrected chi connectivity index (χ1v) is 49.1. The number of anilines is 4. The van der Waals surface area contributed by atoms with Crippen LogP contribution in [0.3, 0.4) is 0 Å². The second kappa shape index (κ2) is 52.6. The molecule has 6 aromatic heterocycles. The maximum absolute atomic E-state index is 10.9. The topological polar surface area (TPSA) is 258 Å². The largest absolute Gasteiger partial charge is 0.508 e. The Morgan fingerprint density at radius 3 is 0.964 bits per heavy atom. The standard InChI is InChI=1S/C23H28N2O2.C22H26N2O.C19H20N2O.C16H26BNO2.C12H12ClNO.C9H6ClNO.C9H7NO2.C5H12O/c1-4-20(16-26)27-21-13-9-18-10-14-22(24-23(18)15-21)17-7-11-19(12-8-17)25(5-2)6-3;1-5-24(6-2)19-11-7-17(8-12-19)21-14-10-18-9-13-20(25-16(3)4)15-22(18)23-21;1-3-21(4-2)16-9-5-14(6-10-16)18-12-8-15-7-11-17(22)13-19(15)20-18;1-7-18(8-2)14-11-9-13(10-12-14)17-19-15(3,4)16(5,6)20-17;1-8(2)15-10-5-3-9-4-6-12(13)14-11(9)7-10;10-9-4-2-6-1-3-7(12)5-8(6)11-9;11-7-3-1-6-2-4-9(12)10-8(6)5-7;1-3-5(6)4-2/h7-15,20,26H,4-6,16H2,1-3H3;7-16H,5-6H2,1-4H3;5-13,22H,3-4H2,1-2H3;9-12H,7-8H2,1-6H3;3-8H,1-2H3;1-5,12H;1-5,11H,(H,10,12);5-6H,3-4H2,1-2H3. The van der Waals surface area contributed by atoms with Crippen molar-refractivity contribution in [3.05, 3.63) is 300 Å². The van der Waals surface area contributed by atoms with Gasteiger partial charge in [0.1, 0.15) is 50.9 Å². The van der Waals surface area contributed by atoms with Gasteiger partial charge >= 0.3 is 7.12 Å². The molecule has 0 saturated carbocycles. The third-order valence-electron chi connectivity index (χ3n) is 24.1. The Kier molecular flexibility index (Phi) is 40.9. The molecule has 21 nitrogen and oxygen atoms in total. The van der Waals surface area contributed by atoms with E-state index in [1.807, 2.05) is 127 Å². The van der Waals surface area contributed by atoms with Crippen molar-refractivity contribution in [2.75, 3.05) is 78.6 Å². The van der Waals surface area contributed by atoms with E-state index < -0.39 is 0 Å². The molecule has 7 heterocycles. The van der Waals surface area contributed by atoms with Gasteiger partial charge in [0.2, 0.25) is 5.56 Å². The lowest BCUT2D eigenvalue weighted by atomic mass is 9.79. The zero-order valence-electron chi connectivity index (χ0n) is 83.9. The third kappa shape index (κ3) is 31.2. The van der Waals surface area contributed by atoms with Crippen LogP contribution >= 0.6 is 23.2 Å². The van der Waals surface area contributed by atoms with E-state index in [0.29, 0.717) is 21.3 Å². The van der Waals surface area contributed by atoms with Gasteiger partial charge in [-0.05, 0) is 311 Å². The number of phenols is 3. The lowest BCUT2D eigenvalue weighted by Gasteiger charge is -2.32. The van der Waals surface area contributed by atoms with E-state index in [2.05, 4.69) is 250 Å². The van der Waals surface area contributed by atoms with Gasteiger partial charge in [-0.15, -0.1) is 0 Å². The van der Waals surface area contributed by atoms with Crippen LogP contribution in [0.25, 0.3) is 99.2 Å². The molecule has 0 amide bonds. The van der Waals surface area contributed by atoms with Gasteiger partial charge < -0.3 is 73.6 Å². The maximum Gasteiger partial charge on any atom is 0.494 e. The summed E-state index contributed by atoms with van der Waals surface area (Å²) in [6.45, 7) is 47.8. The summed E-state index contributed by atoms with van der Waals surface area (Å²) in [6, 6.07) is 90.0. The SMILES string of the molecule is CC(C)Oc1ccc2ccc(Cl)nc2c1.CCC(CO)Oc1ccc2ccc(-c3ccc(N(CC)CC)cc3)nc2c1.CCC(O)CC.CCN(CC)c1ccc(-c2ccc3ccc(O)cc3n2)cc1.CCN(CC)c1ccc(-c2ccc3ccc(OC(C)C)cc3n2)cc1.CCN(CC)c1ccc(B2OC(C)(C)C(C)(C)O2)cc1.O=c1ccc2ccc(O)cc2[nH]1.Oc1ccc2ccc(Cl)nc2c1. The number of nitrogens with zero attached hydrogens (tertiary/aromatic N) is 9. The summed E-state index contributed by atoms with van der Waals surface area (Å²) in [4.78, 5) is 45.4. The van der Waals surface area contributed by atoms with Crippen LogP contribution in [0.1, 0.15) is 151 Å². The molecule has 10 aromatic carbocycles. The van der Waals surface area contributed by atoms with Crippen LogP contribution in [0.15, 0.2) is 284 Å². The van der Waals surface area contributed by atoms with Gasteiger partial charge in [0, 0.05) is 161 Å². The minimum Gasteiger partial charge on any atom is -0.508 e. The van der Waals surface area contributed by atoms with Gasteiger partial charge in [0.25, 0.3) is 0 Å². The lowest BCUT2D eigenvalue weighted by Crippen LogP contribution is -2.41. The van der Waals surface area contributed by atoms with Gasteiger partial charge in [0.05, 0.1) is 86.3 Å². The summed E-state index contributed by atoms with van der Waals surface area (Å²) in [6.07, 6.45) is 2.62. The normalized spacial score (nSPS) is 12.4. The fourth-order valence-electron chi connectivity index (χ4n) is 15.3. The summed E-state index contributed by atoms with van der Waals surface area (Å²) >= 11 is 11.5. The number of ether oxygens (including phenoxy) is 3. The van der Waals surface area contributed by atoms with Crippen LogP contribution in [0, 0.1) is 0 Å². The van der Waals surface area contributed by atoms with Crippen molar-refractivity contribution in [1.82, 2.24) is 29.9 Å². The minimum atomic E-state index is -0.283. The average molecular weight is 1920 g/mol. The molecule has 6 N–H and O–H groups in total. The Balaban J connectivity index is 0.000000168. The second-order valence-electron chi connectivity index (χ2n) is 34.9. The number of nitrogens with one attached hydrogen (secondary N) is 1. The molecule has 0 radical (unpaired) electrons. The van der Waals surface area contributed by atoms with E-state index in [0.717, 1.165) is 182 Å². The highest BCUT2D eigenvalue weighted by molar-refractivity contribution is 6.62. The number of benzene rings is 10. The van der Waals surface area contributed by atoms with Crippen molar-refractivity contribution in [3.63, 3.8) is 0 Å². The van der Waals surface area contributed by atoms with Gasteiger partial charge in [-0.1, -0.05) is 111 Å². The van der Waals surface area contributed by atoms with E-state index in [1.54, 1.807) is 60.7 Å². The molecule has 730 valence electrons. The Labute approximate surface area is 830 Å². The first-order chi connectivity index (χ1) is 66.8. The van der Waals surface area contributed by atoms with E-state index in [1.165, 1.54) is 34.9 Å². The zero-order chi connectivity index (χ0) is 100. The number of fused-ring (bicyclic) bond motifs is 6. The van der Waals surface area contributed by atoms with E-state index in [9.17, 15) is 15.0 Å². The van der Waals surface area contributed by atoms with Crippen molar-refractivity contribution in [3.8, 4) is 68.3 Å². The van der Waals surface area contributed by atoms with Crippen LogP contribution in [-0.2, 0) is 9.31 Å². The van der Waals surface area contributed by atoms with Crippen molar-refractivity contribution in [2.24, 2.45) is 0 Å². The summed E-state index contributed by atoms with van der Waals surface area (Å²) in [5, 5.41) is 53.0. The van der Waals surface area contributed by atoms with Gasteiger partial charge in [0.15, 0.2) is 0 Å². The van der Waals surface area contributed by atoms with E-state index in [-0.39, 0.29) is 72.2 Å². The number of aromatic nitrogens is 6. The summed E-state index contributed by atoms with van der Waals surface area (Å²) in [5.74, 6) is 3.04. The number of hydrogen-bond donors (Lipinski definition) is 6. The molecule has 1 aliphatic heterocycles. The number of aromatic amines is 1. The quantitative estimate of drug-likeness (QED) is 0.0217. The van der Waals surface area contributed by atoms with Crippen molar-refractivity contribution in [2.45, 2.75) is 186 Å². The van der Waals surface area contributed by atoms with Crippen molar-refractivity contribution in [1.29, 1.82) is 0 Å². The molecule has 1 saturated heterocycles.